The Morgan fingerprint density at radius 2 is 2.04 bits per heavy atom. The zero-order valence-corrected chi connectivity index (χ0v) is 14.9. The number of imidazole rings is 1. The molecule has 0 spiro atoms. The number of hydrogen-bond donors (Lipinski definition) is 2. The first-order valence-electron chi connectivity index (χ1n) is 8.41. The van der Waals surface area contributed by atoms with Gasteiger partial charge in [0.05, 0.1) is 11.0 Å². The van der Waals surface area contributed by atoms with Crippen LogP contribution in [0.5, 0.6) is 0 Å². The van der Waals surface area contributed by atoms with Crippen LogP contribution in [0.25, 0.3) is 28.5 Å². The van der Waals surface area contributed by atoms with Gasteiger partial charge in [-0.3, -0.25) is 10.0 Å². The second-order valence-corrected chi connectivity index (χ2v) is 6.31. The van der Waals surface area contributed by atoms with Gasteiger partial charge in [-0.2, -0.15) is 0 Å². The van der Waals surface area contributed by atoms with E-state index in [-0.39, 0.29) is 0 Å². The third-order valence-corrected chi connectivity index (χ3v) is 4.11. The van der Waals surface area contributed by atoms with Gasteiger partial charge in [-0.15, -0.1) is 0 Å². The average molecular weight is 350 g/mol. The van der Waals surface area contributed by atoms with Crippen molar-refractivity contribution >= 4 is 23.0 Å². The summed E-state index contributed by atoms with van der Waals surface area (Å²) in [6, 6.07) is 15.9. The van der Waals surface area contributed by atoms with Crippen molar-refractivity contribution in [2.24, 2.45) is 0 Å². The van der Waals surface area contributed by atoms with Gasteiger partial charge in [0, 0.05) is 24.7 Å². The molecule has 0 saturated carbocycles. The summed E-state index contributed by atoms with van der Waals surface area (Å²) in [5, 5.41) is 8.60. The summed E-state index contributed by atoms with van der Waals surface area (Å²) >= 11 is 0. The molecule has 0 bridgehead atoms. The molecule has 3 aromatic rings. The molecule has 0 aliphatic rings. The fraction of sp³-hybridized carbons (Fsp3) is 0.200. The van der Waals surface area contributed by atoms with Crippen molar-refractivity contribution in [2.75, 3.05) is 20.6 Å². The summed E-state index contributed by atoms with van der Waals surface area (Å²) in [6.45, 7) is 1.74. The van der Waals surface area contributed by atoms with E-state index in [2.05, 4.69) is 29.6 Å². The number of para-hydroxylation sites is 2. The number of rotatable bonds is 6. The predicted octanol–water partition coefficient (Wildman–Crippen LogP) is 2.78. The molecule has 0 aliphatic carbocycles. The van der Waals surface area contributed by atoms with Gasteiger partial charge < -0.3 is 9.47 Å². The summed E-state index contributed by atoms with van der Waals surface area (Å²) in [4.78, 5) is 18.2. The molecule has 0 saturated heterocycles. The van der Waals surface area contributed by atoms with Gasteiger partial charge in [-0.25, -0.2) is 10.5 Å². The van der Waals surface area contributed by atoms with E-state index < -0.39 is 5.91 Å². The van der Waals surface area contributed by atoms with E-state index in [1.165, 1.54) is 6.08 Å². The largest absolute Gasteiger partial charge is 0.323 e. The molecule has 0 unspecified atom stereocenters. The number of nitrogens with one attached hydrogen (secondary N) is 1. The van der Waals surface area contributed by atoms with Crippen LogP contribution in [0.1, 0.15) is 5.56 Å². The van der Waals surface area contributed by atoms with E-state index in [0.29, 0.717) is 0 Å². The summed E-state index contributed by atoms with van der Waals surface area (Å²) in [7, 11) is 4.10. The maximum Gasteiger partial charge on any atom is 0.267 e. The van der Waals surface area contributed by atoms with Crippen LogP contribution in [0.3, 0.4) is 0 Å². The lowest BCUT2D eigenvalue weighted by atomic mass is 10.1. The Morgan fingerprint density at radius 1 is 1.23 bits per heavy atom. The normalized spacial score (nSPS) is 11.5. The number of benzene rings is 2. The van der Waals surface area contributed by atoms with Crippen molar-refractivity contribution in [1.82, 2.24) is 19.9 Å². The quantitative estimate of drug-likeness (QED) is 0.407. The van der Waals surface area contributed by atoms with Gasteiger partial charge in [0.15, 0.2) is 0 Å². The Hall–Kier alpha value is -2.96. The first kappa shape index (κ1) is 17.8. The van der Waals surface area contributed by atoms with Gasteiger partial charge in [-0.1, -0.05) is 30.3 Å². The van der Waals surface area contributed by atoms with E-state index in [9.17, 15) is 4.79 Å². The van der Waals surface area contributed by atoms with Crippen LogP contribution in [0, 0.1) is 0 Å². The minimum absolute atomic E-state index is 0.561. The van der Waals surface area contributed by atoms with Gasteiger partial charge >= 0.3 is 0 Å². The standard InChI is InChI=1S/C20H22N4O2/c1-23(2)12-13-24-18-9-4-3-8-17(18)21-20(24)16-7-5-6-15(14-16)10-11-19(25)22-26/h3-11,14,26H,12-13H2,1-2H3,(H,22,25). The number of carbonyl (C=O) groups excluding carboxylic acids is 1. The van der Waals surface area contributed by atoms with Crippen molar-refractivity contribution in [3.05, 3.63) is 60.2 Å². The number of hydroxylamine groups is 1. The molecule has 2 aromatic carbocycles. The average Bonchev–Trinajstić information content (AvgIpc) is 3.03. The Bertz CT molecular complexity index is 944. The predicted molar refractivity (Wildman–Crippen MR) is 103 cm³/mol. The lowest BCUT2D eigenvalue weighted by Crippen LogP contribution is -2.18. The molecule has 26 heavy (non-hydrogen) atoms. The number of fused-ring (bicyclic) bond motifs is 1. The fourth-order valence-electron chi connectivity index (χ4n) is 2.81. The molecule has 0 atom stereocenters. The number of aromatic nitrogens is 2. The highest BCUT2D eigenvalue weighted by Gasteiger charge is 2.12. The highest BCUT2D eigenvalue weighted by Crippen LogP contribution is 2.25. The number of nitrogens with zero attached hydrogens (tertiary/aromatic N) is 3. The first-order chi connectivity index (χ1) is 12.6. The molecule has 0 aliphatic heterocycles. The monoisotopic (exact) mass is 350 g/mol. The van der Waals surface area contributed by atoms with Crippen LogP contribution in [-0.2, 0) is 11.3 Å². The highest BCUT2D eigenvalue weighted by atomic mass is 16.5. The number of amides is 1. The van der Waals surface area contributed by atoms with Crippen LogP contribution in [0.2, 0.25) is 0 Å². The fourth-order valence-corrected chi connectivity index (χ4v) is 2.81. The molecular formula is C20H22N4O2. The SMILES string of the molecule is CN(C)CCn1c(-c2cccc(C=CC(=O)NO)c2)nc2ccccc21. The van der Waals surface area contributed by atoms with E-state index >= 15 is 0 Å². The number of likely N-dealkylation sites (N-methyl/N-ethyl adjacent to an activating group) is 1. The van der Waals surface area contributed by atoms with Crippen molar-refractivity contribution in [1.29, 1.82) is 0 Å². The number of carbonyl (C=O) groups is 1. The Balaban J connectivity index is 2.03. The smallest absolute Gasteiger partial charge is 0.267 e. The van der Waals surface area contributed by atoms with E-state index in [1.807, 2.05) is 42.5 Å². The van der Waals surface area contributed by atoms with Crippen molar-refractivity contribution in [2.45, 2.75) is 6.54 Å². The lowest BCUT2D eigenvalue weighted by molar-refractivity contribution is -0.124. The van der Waals surface area contributed by atoms with Crippen LogP contribution in [0.15, 0.2) is 54.6 Å². The summed E-state index contributed by atoms with van der Waals surface area (Å²) in [5.74, 6) is 0.337. The van der Waals surface area contributed by atoms with E-state index in [4.69, 9.17) is 10.2 Å². The van der Waals surface area contributed by atoms with E-state index in [1.54, 1.807) is 11.6 Å². The second kappa shape index (κ2) is 7.95. The van der Waals surface area contributed by atoms with Gasteiger partial charge in [-0.05, 0) is 43.9 Å². The van der Waals surface area contributed by atoms with Gasteiger partial charge in [0.1, 0.15) is 5.82 Å². The molecular weight excluding hydrogens is 328 g/mol. The summed E-state index contributed by atoms with van der Waals surface area (Å²) < 4.78 is 2.22. The zero-order chi connectivity index (χ0) is 18.5. The van der Waals surface area contributed by atoms with E-state index in [0.717, 1.165) is 41.1 Å². The zero-order valence-electron chi connectivity index (χ0n) is 14.9. The molecule has 1 amide bonds. The van der Waals surface area contributed by atoms with Gasteiger partial charge in [0.25, 0.3) is 5.91 Å². The van der Waals surface area contributed by atoms with Crippen molar-refractivity contribution in [3.8, 4) is 11.4 Å². The lowest BCUT2D eigenvalue weighted by Gasteiger charge is -2.13. The Kier molecular flexibility index (Phi) is 5.46. The second-order valence-electron chi connectivity index (χ2n) is 6.31. The molecule has 1 heterocycles. The van der Waals surface area contributed by atoms with Crippen LogP contribution in [-0.4, -0.2) is 46.2 Å². The molecule has 1 aromatic heterocycles. The third-order valence-electron chi connectivity index (χ3n) is 4.11. The topological polar surface area (TPSA) is 70.4 Å². The van der Waals surface area contributed by atoms with Crippen molar-refractivity contribution in [3.63, 3.8) is 0 Å². The maximum absolute atomic E-state index is 11.2. The summed E-state index contributed by atoms with van der Waals surface area (Å²) in [5.41, 5.74) is 5.49. The van der Waals surface area contributed by atoms with Crippen LogP contribution >= 0.6 is 0 Å². The molecule has 0 radical (unpaired) electrons. The molecule has 6 heteroatoms. The Labute approximate surface area is 152 Å². The van der Waals surface area contributed by atoms with Gasteiger partial charge in [0.2, 0.25) is 0 Å². The summed E-state index contributed by atoms with van der Waals surface area (Å²) in [6.07, 6.45) is 2.94. The maximum atomic E-state index is 11.2. The van der Waals surface area contributed by atoms with Crippen LogP contribution in [0.4, 0.5) is 0 Å². The Morgan fingerprint density at radius 3 is 2.81 bits per heavy atom. The number of hydrogen-bond acceptors (Lipinski definition) is 4. The molecule has 2 N–H and O–H groups in total. The van der Waals surface area contributed by atoms with Crippen molar-refractivity contribution < 1.29 is 10.0 Å². The first-order valence-corrected chi connectivity index (χ1v) is 8.41. The van der Waals surface area contributed by atoms with Crippen LogP contribution < -0.4 is 5.48 Å². The molecule has 3 rings (SSSR count). The molecule has 6 nitrogen and oxygen atoms in total. The minimum atomic E-state index is -0.561. The highest BCUT2D eigenvalue weighted by molar-refractivity contribution is 5.91. The third kappa shape index (κ3) is 3.99. The molecule has 134 valence electrons. The molecule has 0 fully saturated rings. The minimum Gasteiger partial charge on any atom is -0.323 e.